The molecule has 0 atom stereocenters. The molecule has 2 nitrogen and oxygen atoms in total. The molecule has 0 radical (unpaired) electrons. The van der Waals surface area contributed by atoms with Gasteiger partial charge in [-0.15, -0.1) is 0 Å². The Bertz CT molecular complexity index is 477. The van der Waals surface area contributed by atoms with Gasteiger partial charge in [-0.2, -0.15) is 0 Å². The topological polar surface area (TPSA) is 15.3 Å². The van der Waals surface area contributed by atoms with Crippen LogP contribution in [0.5, 0.6) is 0 Å². The molecule has 0 aliphatic carbocycles. The third kappa shape index (κ3) is 4.74. The maximum absolute atomic E-state index is 3.60. The van der Waals surface area contributed by atoms with Crippen molar-refractivity contribution in [2.75, 3.05) is 18.4 Å². The highest BCUT2D eigenvalue weighted by Crippen LogP contribution is 2.35. The largest absolute Gasteiger partial charge is 0.383 e. The summed E-state index contributed by atoms with van der Waals surface area (Å²) >= 11 is 0. The standard InChI is InChI=1S/C20H34N2/c1-15(2)21-19-8-7-16(3)13-17(19)14-22-11-9-18(10-12-22)20(4,5)6/h7-8,13,15,18,21H,9-12,14H2,1-6H3. The molecule has 0 bridgehead atoms. The van der Waals surface area contributed by atoms with E-state index in [-0.39, 0.29) is 0 Å². The molecule has 1 N–H and O–H groups in total. The van der Waals surface area contributed by atoms with Gasteiger partial charge < -0.3 is 5.32 Å². The zero-order chi connectivity index (χ0) is 16.3. The van der Waals surface area contributed by atoms with Crippen LogP contribution in [0.3, 0.4) is 0 Å². The average Bonchev–Trinajstić information content (AvgIpc) is 2.41. The third-order valence-corrected chi connectivity index (χ3v) is 4.91. The van der Waals surface area contributed by atoms with Crippen molar-refractivity contribution in [2.45, 2.75) is 67.0 Å². The van der Waals surface area contributed by atoms with E-state index in [4.69, 9.17) is 0 Å². The van der Waals surface area contributed by atoms with Crippen LogP contribution in [0.4, 0.5) is 5.69 Å². The number of rotatable bonds is 4. The van der Waals surface area contributed by atoms with Crippen molar-refractivity contribution < 1.29 is 0 Å². The number of hydrogen-bond donors (Lipinski definition) is 1. The fraction of sp³-hybridized carbons (Fsp3) is 0.700. The number of nitrogens with zero attached hydrogens (tertiary/aromatic N) is 1. The van der Waals surface area contributed by atoms with Crippen LogP contribution < -0.4 is 5.32 Å². The Hall–Kier alpha value is -1.02. The normalized spacial score (nSPS) is 18.0. The number of likely N-dealkylation sites (tertiary alicyclic amines) is 1. The fourth-order valence-corrected chi connectivity index (χ4v) is 3.50. The van der Waals surface area contributed by atoms with Crippen LogP contribution >= 0.6 is 0 Å². The Morgan fingerprint density at radius 2 is 1.82 bits per heavy atom. The lowest BCUT2D eigenvalue weighted by atomic mass is 9.75. The summed E-state index contributed by atoms with van der Waals surface area (Å²) in [5, 5.41) is 3.60. The van der Waals surface area contributed by atoms with E-state index < -0.39 is 0 Å². The molecule has 0 spiro atoms. The maximum Gasteiger partial charge on any atom is 0.0388 e. The number of anilines is 1. The molecule has 1 saturated heterocycles. The van der Waals surface area contributed by atoms with Gasteiger partial charge >= 0.3 is 0 Å². The molecule has 1 fully saturated rings. The summed E-state index contributed by atoms with van der Waals surface area (Å²) in [6, 6.07) is 7.28. The molecule has 1 aliphatic rings. The van der Waals surface area contributed by atoms with Gasteiger partial charge in [0.1, 0.15) is 0 Å². The summed E-state index contributed by atoms with van der Waals surface area (Å²) in [5.41, 5.74) is 4.56. The molecule has 2 rings (SSSR count). The summed E-state index contributed by atoms with van der Waals surface area (Å²) in [4.78, 5) is 2.63. The van der Waals surface area contributed by atoms with Crippen LogP contribution in [0.15, 0.2) is 18.2 Å². The second-order valence-corrected chi connectivity index (χ2v) is 8.38. The Morgan fingerprint density at radius 3 is 2.36 bits per heavy atom. The summed E-state index contributed by atoms with van der Waals surface area (Å²) in [7, 11) is 0. The van der Waals surface area contributed by atoms with Crippen molar-refractivity contribution in [3.63, 3.8) is 0 Å². The quantitative estimate of drug-likeness (QED) is 0.835. The molecule has 0 amide bonds. The van der Waals surface area contributed by atoms with Gasteiger partial charge in [0.2, 0.25) is 0 Å². The highest BCUT2D eigenvalue weighted by atomic mass is 15.1. The SMILES string of the molecule is Cc1ccc(NC(C)C)c(CN2CCC(C(C)(C)C)CC2)c1. The van der Waals surface area contributed by atoms with E-state index in [9.17, 15) is 0 Å². The van der Waals surface area contributed by atoms with Gasteiger partial charge in [0.05, 0.1) is 0 Å². The van der Waals surface area contributed by atoms with E-state index >= 15 is 0 Å². The van der Waals surface area contributed by atoms with E-state index in [1.54, 1.807) is 0 Å². The lowest BCUT2D eigenvalue weighted by Crippen LogP contribution is -2.37. The molecule has 1 aliphatic heterocycles. The summed E-state index contributed by atoms with van der Waals surface area (Å²) < 4.78 is 0. The minimum atomic E-state index is 0.458. The molecule has 1 aromatic carbocycles. The average molecular weight is 303 g/mol. The van der Waals surface area contributed by atoms with Crippen molar-refractivity contribution >= 4 is 5.69 Å². The highest BCUT2D eigenvalue weighted by molar-refractivity contribution is 5.53. The van der Waals surface area contributed by atoms with Crippen molar-refractivity contribution in [1.29, 1.82) is 0 Å². The van der Waals surface area contributed by atoms with E-state index in [2.05, 4.69) is 70.0 Å². The summed E-state index contributed by atoms with van der Waals surface area (Å²) in [6.07, 6.45) is 2.67. The fourth-order valence-electron chi connectivity index (χ4n) is 3.50. The number of nitrogens with one attached hydrogen (secondary N) is 1. The van der Waals surface area contributed by atoms with Crippen LogP contribution in [0, 0.1) is 18.3 Å². The number of aryl methyl sites for hydroxylation is 1. The summed E-state index contributed by atoms with van der Waals surface area (Å²) in [5.74, 6) is 0.870. The van der Waals surface area contributed by atoms with Crippen LogP contribution in [0.1, 0.15) is 58.6 Å². The van der Waals surface area contributed by atoms with Gasteiger partial charge in [0.25, 0.3) is 0 Å². The molecule has 1 heterocycles. The molecule has 124 valence electrons. The zero-order valence-electron chi connectivity index (χ0n) is 15.4. The lowest BCUT2D eigenvalue weighted by molar-refractivity contribution is 0.108. The van der Waals surface area contributed by atoms with E-state index in [0.717, 1.165) is 12.5 Å². The third-order valence-electron chi connectivity index (χ3n) is 4.91. The van der Waals surface area contributed by atoms with Gasteiger partial charge in [0.15, 0.2) is 0 Å². The molecular weight excluding hydrogens is 268 g/mol. The second-order valence-electron chi connectivity index (χ2n) is 8.38. The van der Waals surface area contributed by atoms with Crippen LogP contribution in [0.25, 0.3) is 0 Å². The van der Waals surface area contributed by atoms with Gasteiger partial charge in [-0.05, 0) is 69.7 Å². The molecule has 0 aromatic heterocycles. The lowest BCUT2D eigenvalue weighted by Gasteiger charge is -2.39. The first kappa shape index (κ1) is 17.3. The Labute approximate surface area is 137 Å². The first-order valence-electron chi connectivity index (χ1n) is 8.84. The molecule has 1 aromatic rings. The predicted molar refractivity (Wildman–Crippen MR) is 97.4 cm³/mol. The van der Waals surface area contributed by atoms with Crippen molar-refractivity contribution in [1.82, 2.24) is 4.90 Å². The van der Waals surface area contributed by atoms with E-state index in [1.807, 2.05) is 0 Å². The first-order chi connectivity index (χ1) is 10.3. The number of benzene rings is 1. The van der Waals surface area contributed by atoms with E-state index in [0.29, 0.717) is 11.5 Å². The molecule has 2 heteroatoms. The number of hydrogen-bond acceptors (Lipinski definition) is 2. The van der Waals surface area contributed by atoms with Crippen LogP contribution in [-0.4, -0.2) is 24.0 Å². The van der Waals surface area contributed by atoms with Gasteiger partial charge in [-0.3, -0.25) is 4.90 Å². The smallest absolute Gasteiger partial charge is 0.0388 e. The molecule has 0 saturated carbocycles. The second kappa shape index (κ2) is 7.04. The highest BCUT2D eigenvalue weighted by Gasteiger charge is 2.28. The van der Waals surface area contributed by atoms with Gasteiger partial charge in [-0.1, -0.05) is 38.5 Å². The number of piperidine rings is 1. The monoisotopic (exact) mass is 302 g/mol. The van der Waals surface area contributed by atoms with Gasteiger partial charge in [-0.25, -0.2) is 0 Å². The molecule has 22 heavy (non-hydrogen) atoms. The minimum Gasteiger partial charge on any atom is -0.383 e. The Balaban J connectivity index is 2.01. The maximum atomic E-state index is 3.60. The first-order valence-corrected chi connectivity index (χ1v) is 8.84. The van der Waals surface area contributed by atoms with Gasteiger partial charge in [0, 0.05) is 18.3 Å². The minimum absolute atomic E-state index is 0.458. The zero-order valence-corrected chi connectivity index (χ0v) is 15.4. The summed E-state index contributed by atoms with van der Waals surface area (Å²) in [6.45, 7) is 17.3. The van der Waals surface area contributed by atoms with Crippen molar-refractivity contribution in [3.05, 3.63) is 29.3 Å². The predicted octanol–water partition coefficient (Wildman–Crippen LogP) is 5.07. The van der Waals surface area contributed by atoms with E-state index in [1.165, 1.54) is 42.7 Å². The Morgan fingerprint density at radius 1 is 1.18 bits per heavy atom. The van der Waals surface area contributed by atoms with Crippen molar-refractivity contribution in [3.8, 4) is 0 Å². The van der Waals surface area contributed by atoms with Crippen LogP contribution in [-0.2, 0) is 6.54 Å². The van der Waals surface area contributed by atoms with Crippen molar-refractivity contribution in [2.24, 2.45) is 11.3 Å². The van der Waals surface area contributed by atoms with Crippen LogP contribution in [0.2, 0.25) is 0 Å². The molecular formula is C20H34N2. The Kier molecular flexibility index (Phi) is 5.55. The molecule has 0 unspecified atom stereocenters.